The largest absolute Gasteiger partial charge is 0.308 e. The van der Waals surface area contributed by atoms with Gasteiger partial charge in [-0.3, -0.25) is 10.5 Å². The highest BCUT2D eigenvalue weighted by molar-refractivity contribution is 6.13. The van der Waals surface area contributed by atoms with E-state index in [-0.39, 0.29) is 18.2 Å². The molecule has 0 radical (unpaired) electrons. The van der Waals surface area contributed by atoms with E-state index in [1.165, 1.54) is 6.20 Å². The van der Waals surface area contributed by atoms with Gasteiger partial charge >= 0.3 is 0 Å². The zero-order valence-electron chi connectivity index (χ0n) is 13.4. The van der Waals surface area contributed by atoms with E-state index in [0.29, 0.717) is 11.4 Å². The Bertz CT molecular complexity index is 948. The quantitative estimate of drug-likeness (QED) is 0.743. The second-order valence-corrected chi connectivity index (χ2v) is 5.91. The first kappa shape index (κ1) is 15.3. The number of H-pyrrole nitrogens is 1. The molecule has 5 nitrogen and oxygen atoms in total. The van der Waals surface area contributed by atoms with Gasteiger partial charge in [0, 0.05) is 11.8 Å². The van der Waals surface area contributed by atoms with Crippen molar-refractivity contribution in [1.29, 1.82) is 5.41 Å². The number of aryl methyl sites for hydroxylation is 1. The number of fused-ring (bicyclic) bond motifs is 1. The lowest BCUT2D eigenvalue weighted by atomic mass is 10.1. The number of halogens is 2. The fraction of sp³-hybridized carbons (Fsp3) is 0.111. The lowest BCUT2D eigenvalue weighted by Gasteiger charge is -2.37. The molecule has 0 atom stereocenters. The highest BCUT2D eigenvalue weighted by Crippen LogP contribution is 2.35. The van der Waals surface area contributed by atoms with Crippen LogP contribution in [0, 0.1) is 24.0 Å². The average molecular weight is 339 g/mol. The Morgan fingerprint density at radius 3 is 2.60 bits per heavy atom. The normalized spacial score (nSPS) is 14.0. The minimum atomic E-state index is -0.542. The van der Waals surface area contributed by atoms with Crippen LogP contribution < -0.4 is 9.80 Å². The van der Waals surface area contributed by atoms with Crippen LogP contribution in [-0.2, 0) is 0 Å². The summed E-state index contributed by atoms with van der Waals surface area (Å²) in [5, 5.41) is 15.2. The fourth-order valence-electron chi connectivity index (χ4n) is 2.91. The minimum absolute atomic E-state index is 0.0927. The second-order valence-electron chi connectivity index (χ2n) is 5.91. The molecule has 0 saturated heterocycles. The number of benzene rings is 2. The third-order valence-corrected chi connectivity index (χ3v) is 4.24. The number of hydrogen-bond donors (Lipinski definition) is 2. The third-order valence-electron chi connectivity index (χ3n) is 4.24. The molecule has 1 aliphatic heterocycles. The summed E-state index contributed by atoms with van der Waals surface area (Å²) in [6.45, 7) is 2.14. The van der Waals surface area contributed by atoms with Gasteiger partial charge in [-0.1, -0.05) is 17.7 Å². The number of rotatable bonds is 2. The van der Waals surface area contributed by atoms with E-state index in [4.69, 9.17) is 5.41 Å². The van der Waals surface area contributed by atoms with E-state index in [9.17, 15) is 8.78 Å². The number of nitrogens with one attached hydrogen (secondary N) is 2. The predicted molar refractivity (Wildman–Crippen MR) is 92.4 cm³/mol. The summed E-state index contributed by atoms with van der Waals surface area (Å²) < 4.78 is 28.0. The Balaban J connectivity index is 1.83. The Kier molecular flexibility index (Phi) is 3.49. The number of hydrogen-bond acceptors (Lipinski definition) is 3. The molecule has 126 valence electrons. The number of aromatic nitrogens is 2. The molecule has 2 N–H and O–H groups in total. The van der Waals surface area contributed by atoms with Crippen molar-refractivity contribution < 1.29 is 8.78 Å². The maximum Gasteiger partial charge on any atom is 0.147 e. The van der Waals surface area contributed by atoms with Crippen molar-refractivity contribution >= 4 is 23.0 Å². The van der Waals surface area contributed by atoms with Crippen LogP contribution in [0.15, 0.2) is 48.7 Å². The van der Waals surface area contributed by atoms with Crippen molar-refractivity contribution in [1.82, 2.24) is 10.2 Å². The summed E-state index contributed by atoms with van der Waals surface area (Å²) in [7, 11) is 0. The molecular weight excluding hydrogens is 324 g/mol. The minimum Gasteiger partial charge on any atom is -0.308 e. The molecule has 3 aromatic rings. The molecule has 0 fully saturated rings. The summed E-state index contributed by atoms with van der Waals surface area (Å²) in [6, 6.07) is 11.0. The average Bonchev–Trinajstić information content (AvgIpc) is 3.09. The van der Waals surface area contributed by atoms with Crippen molar-refractivity contribution in [3.63, 3.8) is 0 Å². The van der Waals surface area contributed by atoms with Crippen molar-refractivity contribution in [3.8, 4) is 0 Å². The number of nitrogens with zero attached hydrogens (tertiary/aromatic N) is 3. The van der Waals surface area contributed by atoms with Gasteiger partial charge in [-0.2, -0.15) is 5.10 Å². The lowest BCUT2D eigenvalue weighted by Crippen LogP contribution is -2.45. The summed E-state index contributed by atoms with van der Waals surface area (Å²) in [4.78, 5) is 3.31. The molecule has 0 amide bonds. The topological polar surface area (TPSA) is 59.0 Å². The summed E-state index contributed by atoms with van der Waals surface area (Å²) in [5.41, 5.74) is 2.51. The maximum atomic E-state index is 14.3. The SMILES string of the molecule is Cc1ccc(N2CN(c3cc(F)ccc3F)c3[nH]ncc3C2=N)cc1. The molecular formula is C18H15F2N5. The van der Waals surface area contributed by atoms with Gasteiger partial charge in [-0.15, -0.1) is 0 Å². The predicted octanol–water partition coefficient (Wildman–Crippen LogP) is 3.94. The van der Waals surface area contributed by atoms with E-state index >= 15 is 0 Å². The molecule has 0 aliphatic carbocycles. The van der Waals surface area contributed by atoms with Crippen LogP contribution in [0.2, 0.25) is 0 Å². The highest BCUT2D eigenvalue weighted by atomic mass is 19.1. The Morgan fingerprint density at radius 1 is 1.08 bits per heavy atom. The van der Waals surface area contributed by atoms with Gasteiger partial charge in [0.25, 0.3) is 0 Å². The maximum absolute atomic E-state index is 14.3. The van der Waals surface area contributed by atoms with Crippen LogP contribution in [-0.4, -0.2) is 22.7 Å². The monoisotopic (exact) mass is 339 g/mol. The zero-order valence-corrected chi connectivity index (χ0v) is 13.4. The molecule has 1 aromatic heterocycles. The van der Waals surface area contributed by atoms with E-state index in [1.807, 2.05) is 31.2 Å². The van der Waals surface area contributed by atoms with Gasteiger partial charge < -0.3 is 9.80 Å². The first-order valence-corrected chi connectivity index (χ1v) is 7.73. The standard InChI is InChI=1S/C18H15F2N5/c1-11-2-5-13(6-3-11)24-10-25(16-8-12(19)4-7-15(16)20)18-14(17(24)21)9-22-23-18/h2-9,21H,10H2,1H3,(H,22,23). The Labute approximate surface area is 143 Å². The molecule has 25 heavy (non-hydrogen) atoms. The Morgan fingerprint density at radius 2 is 1.84 bits per heavy atom. The van der Waals surface area contributed by atoms with Gasteiger partial charge in [-0.05, 0) is 31.2 Å². The molecule has 2 heterocycles. The van der Waals surface area contributed by atoms with Crippen LogP contribution in [0.4, 0.5) is 26.0 Å². The molecule has 0 bridgehead atoms. The van der Waals surface area contributed by atoms with E-state index in [2.05, 4.69) is 10.2 Å². The van der Waals surface area contributed by atoms with Crippen LogP contribution in [0.1, 0.15) is 11.1 Å². The van der Waals surface area contributed by atoms with Gasteiger partial charge in [0.2, 0.25) is 0 Å². The van der Waals surface area contributed by atoms with Gasteiger partial charge in [0.1, 0.15) is 30.0 Å². The number of amidine groups is 1. The van der Waals surface area contributed by atoms with Crippen molar-refractivity contribution in [2.24, 2.45) is 0 Å². The van der Waals surface area contributed by atoms with Gasteiger partial charge in [0.15, 0.2) is 0 Å². The van der Waals surface area contributed by atoms with Crippen molar-refractivity contribution in [3.05, 3.63) is 71.4 Å². The first-order valence-electron chi connectivity index (χ1n) is 7.73. The molecule has 2 aromatic carbocycles. The van der Waals surface area contributed by atoms with Crippen molar-refractivity contribution in [2.45, 2.75) is 6.92 Å². The number of aromatic amines is 1. The smallest absolute Gasteiger partial charge is 0.147 e. The van der Waals surface area contributed by atoms with Crippen molar-refractivity contribution in [2.75, 3.05) is 16.5 Å². The van der Waals surface area contributed by atoms with E-state index < -0.39 is 11.6 Å². The molecule has 0 spiro atoms. The number of anilines is 3. The lowest BCUT2D eigenvalue weighted by molar-refractivity contribution is 0.597. The van der Waals surface area contributed by atoms with E-state index in [0.717, 1.165) is 29.4 Å². The highest BCUT2D eigenvalue weighted by Gasteiger charge is 2.31. The summed E-state index contributed by atoms with van der Waals surface area (Å²) in [5.74, 6) is -0.349. The Hall–Kier alpha value is -3.22. The zero-order chi connectivity index (χ0) is 17.6. The third kappa shape index (κ3) is 2.53. The van der Waals surface area contributed by atoms with Gasteiger partial charge in [0.05, 0.1) is 17.4 Å². The molecule has 4 rings (SSSR count). The van der Waals surface area contributed by atoms with Gasteiger partial charge in [-0.25, -0.2) is 8.78 Å². The first-order chi connectivity index (χ1) is 12.0. The molecule has 0 unspecified atom stereocenters. The van der Waals surface area contributed by atoms with Crippen LogP contribution in [0.25, 0.3) is 0 Å². The molecule has 1 aliphatic rings. The summed E-state index contributed by atoms with van der Waals surface area (Å²) in [6.07, 6.45) is 1.52. The van der Waals surface area contributed by atoms with E-state index in [1.54, 1.807) is 9.80 Å². The van der Waals surface area contributed by atoms with Crippen LogP contribution in [0.3, 0.4) is 0 Å². The molecule has 0 saturated carbocycles. The summed E-state index contributed by atoms with van der Waals surface area (Å²) >= 11 is 0. The van der Waals surface area contributed by atoms with Crippen LogP contribution in [0.5, 0.6) is 0 Å². The van der Waals surface area contributed by atoms with Crippen LogP contribution >= 0.6 is 0 Å². The molecule has 7 heteroatoms. The second kappa shape index (κ2) is 5.70. The fourth-order valence-corrected chi connectivity index (χ4v) is 2.91.